The third-order valence-electron chi connectivity index (χ3n) is 10.3. The summed E-state index contributed by atoms with van der Waals surface area (Å²) in [6.45, 7) is 8.80. The summed E-state index contributed by atoms with van der Waals surface area (Å²) in [6.07, 6.45) is 11.9. The van der Waals surface area contributed by atoms with Crippen LogP contribution in [0.2, 0.25) is 0 Å². The molecule has 4 saturated carbocycles. The summed E-state index contributed by atoms with van der Waals surface area (Å²) < 4.78 is 12.5. The zero-order chi connectivity index (χ0) is 18.2. The van der Waals surface area contributed by atoms with Gasteiger partial charge in [-0.1, -0.05) is 20.8 Å². The van der Waals surface area contributed by atoms with Crippen LogP contribution in [0, 0.1) is 34.5 Å². The van der Waals surface area contributed by atoms with Crippen LogP contribution >= 0.6 is 0 Å². The Kier molecular flexibility index (Phi) is 3.94. The summed E-state index contributed by atoms with van der Waals surface area (Å²) in [4.78, 5) is 0. The topological polar surface area (TPSA) is 38.7 Å². The quantitative estimate of drug-likeness (QED) is 0.720. The molecule has 3 nitrogen and oxygen atoms in total. The van der Waals surface area contributed by atoms with Gasteiger partial charge in [0.25, 0.3) is 0 Å². The third-order valence-corrected chi connectivity index (χ3v) is 10.3. The molecule has 1 saturated heterocycles. The lowest BCUT2D eigenvalue weighted by atomic mass is 9.44. The minimum absolute atomic E-state index is 0.215. The fourth-order valence-electron chi connectivity index (χ4n) is 8.53. The first-order valence-corrected chi connectivity index (χ1v) is 11.4. The number of aliphatic hydroxyl groups is 1. The van der Waals surface area contributed by atoms with Crippen LogP contribution in [0.5, 0.6) is 0 Å². The molecule has 5 rings (SSSR count). The molecule has 3 heteroatoms. The molecule has 1 aliphatic heterocycles. The van der Waals surface area contributed by atoms with Gasteiger partial charge in [0.15, 0.2) is 5.79 Å². The van der Waals surface area contributed by atoms with Gasteiger partial charge in [-0.15, -0.1) is 0 Å². The normalized spacial score (nSPS) is 55.4. The van der Waals surface area contributed by atoms with Crippen LogP contribution in [0.25, 0.3) is 0 Å². The summed E-state index contributed by atoms with van der Waals surface area (Å²) in [5.74, 6) is 2.91. The van der Waals surface area contributed by atoms with Gasteiger partial charge in [-0.25, -0.2) is 0 Å². The fraction of sp³-hybridized carbons (Fsp3) is 1.00. The molecule has 0 unspecified atom stereocenters. The zero-order valence-electron chi connectivity index (χ0n) is 17.1. The fourth-order valence-corrected chi connectivity index (χ4v) is 8.53. The van der Waals surface area contributed by atoms with Crippen molar-refractivity contribution >= 4 is 0 Å². The molecular weight excluding hydrogens is 324 g/mol. The molecule has 1 N–H and O–H groups in total. The molecule has 0 amide bonds. The van der Waals surface area contributed by atoms with Gasteiger partial charge in [-0.05, 0) is 86.9 Å². The molecule has 0 aromatic carbocycles. The zero-order valence-corrected chi connectivity index (χ0v) is 17.1. The lowest BCUT2D eigenvalue weighted by molar-refractivity contribution is -0.249. The number of hydrogen-bond acceptors (Lipinski definition) is 3. The molecule has 0 bridgehead atoms. The second-order valence-electron chi connectivity index (χ2n) is 10.9. The predicted molar refractivity (Wildman–Crippen MR) is 102 cm³/mol. The van der Waals surface area contributed by atoms with Crippen molar-refractivity contribution in [2.24, 2.45) is 34.5 Å². The number of ether oxygens (including phenoxy) is 2. The van der Waals surface area contributed by atoms with Crippen molar-refractivity contribution < 1.29 is 14.6 Å². The molecule has 7 atom stereocenters. The largest absolute Gasteiger partial charge is 0.390 e. The first-order valence-electron chi connectivity index (χ1n) is 11.4. The Morgan fingerprint density at radius 3 is 2.35 bits per heavy atom. The Bertz CT molecular complexity index is 570. The molecule has 5 aliphatic rings. The van der Waals surface area contributed by atoms with Crippen molar-refractivity contribution in [1.82, 2.24) is 0 Å². The third kappa shape index (κ3) is 2.17. The highest BCUT2D eigenvalue weighted by molar-refractivity contribution is 5.13. The van der Waals surface area contributed by atoms with Crippen LogP contribution in [-0.4, -0.2) is 29.7 Å². The van der Waals surface area contributed by atoms with Crippen molar-refractivity contribution in [1.29, 1.82) is 0 Å². The highest BCUT2D eigenvalue weighted by Crippen LogP contribution is 2.70. The summed E-state index contributed by atoms with van der Waals surface area (Å²) in [6, 6.07) is 0. The molecule has 5 fully saturated rings. The van der Waals surface area contributed by atoms with E-state index >= 15 is 0 Å². The van der Waals surface area contributed by atoms with Gasteiger partial charge in [0.1, 0.15) is 0 Å². The smallest absolute Gasteiger partial charge is 0.174 e. The van der Waals surface area contributed by atoms with Crippen LogP contribution in [-0.2, 0) is 9.47 Å². The molecule has 0 radical (unpaired) electrons. The van der Waals surface area contributed by atoms with E-state index in [2.05, 4.69) is 20.8 Å². The number of fused-ring (bicyclic) bond motifs is 6. The molecule has 1 spiro atoms. The Balaban J connectivity index is 1.42. The van der Waals surface area contributed by atoms with E-state index in [0.29, 0.717) is 5.41 Å². The predicted octanol–water partition coefficient (Wildman–Crippen LogP) is 4.91. The monoisotopic (exact) mass is 362 g/mol. The Hall–Kier alpha value is -0.120. The molecular formula is C23H38O3. The second kappa shape index (κ2) is 5.70. The van der Waals surface area contributed by atoms with Crippen LogP contribution < -0.4 is 0 Å². The van der Waals surface area contributed by atoms with Gasteiger partial charge in [0, 0.05) is 11.8 Å². The summed E-state index contributed by atoms with van der Waals surface area (Å²) in [5, 5.41) is 10.9. The maximum atomic E-state index is 10.9. The van der Waals surface area contributed by atoms with E-state index in [1.54, 1.807) is 0 Å². The highest BCUT2D eigenvalue weighted by atomic mass is 16.7. The standard InChI is InChI=1S/C23H38O3/c1-4-22(24)12-11-20(2)16(15-22)5-6-17-18(20)7-9-21(3)19(17)8-10-23(21)25-13-14-26-23/h16-19,24H,4-15H2,1-3H3/t16-,17+,18+,19-,20-,21-,22+/m0/s1. The highest BCUT2D eigenvalue weighted by Gasteiger charge is 2.67. The van der Waals surface area contributed by atoms with Gasteiger partial charge >= 0.3 is 0 Å². The Morgan fingerprint density at radius 2 is 1.62 bits per heavy atom. The van der Waals surface area contributed by atoms with Crippen LogP contribution in [0.4, 0.5) is 0 Å². The number of rotatable bonds is 1. The van der Waals surface area contributed by atoms with Crippen molar-refractivity contribution in [2.75, 3.05) is 13.2 Å². The van der Waals surface area contributed by atoms with Crippen molar-refractivity contribution in [3.63, 3.8) is 0 Å². The molecule has 1 heterocycles. The molecule has 0 aromatic rings. The van der Waals surface area contributed by atoms with Crippen molar-refractivity contribution in [3.8, 4) is 0 Å². The summed E-state index contributed by atoms with van der Waals surface area (Å²) >= 11 is 0. The first-order chi connectivity index (χ1) is 12.4. The van der Waals surface area contributed by atoms with Crippen LogP contribution in [0.1, 0.15) is 85.0 Å². The van der Waals surface area contributed by atoms with Crippen LogP contribution in [0.3, 0.4) is 0 Å². The van der Waals surface area contributed by atoms with Crippen molar-refractivity contribution in [2.45, 2.75) is 96.4 Å². The Labute approximate surface area is 159 Å². The maximum Gasteiger partial charge on any atom is 0.174 e. The molecule has 4 aliphatic carbocycles. The lowest BCUT2D eigenvalue weighted by Crippen LogP contribution is -2.58. The van der Waals surface area contributed by atoms with E-state index in [-0.39, 0.29) is 16.8 Å². The van der Waals surface area contributed by atoms with Gasteiger partial charge < -0.3 is 14.6 Å². The Morgan fingerprint density at radius 1 is 0.885 bits per heavy atom. The minimum atomic E-state index is -0.386. The lowest BCUT2D eigenvalue weighted by Gasteiger charge is -2.62. The average molecular weight is 363 g/mol. The molecule has 26 heavy (non-hydrogen) atoms. The van der Waals surface area contributed by atoms with E-state index in [1.807, 2.05) is 0 Å². The SMILES string of the molecule is CC[C@@]1(O)CC[C@@]2(C)[C@@H](CC[C@@H]3[C@H]2CC[C@@]2(C)[C@H]3CCC23OCCO3)C1. The van der Waals surface area contributed by atoms with Crippen LogP contribution in [0.15, 0.2) is 0 Å². The van der Waals surface area contributed by atoms with E-state index in [4.69, 9.17) is 9.47 Å². The van der Waals surface area contributed by atoms with Gasteiger partial charge in [0.05, 0.1) is 18.8 Å². The van der Waals surface area contributed by atoms with Crippen molar-refractivity contribution in [3.05, 3.63) is 0 Å². The average Bonchev–Trinajstić information content (AvgIpc) is 3.22. The summed E-state index contributed by atoms with van der Waals surface area (Å²) in [7, 11) is 0. The molecule has 0 aromatic heterocycles. The van der Waals surface area contributed by atoms with E-state index < -0.39 is 0 Å². The van der Waals surface area contributed by atoms with E-state index in [0.717, 1.165) is 62.6 Å². The van der Waals surface area contributed by atoms with E-state index in [9.17, 15) is 5.11 Å². The second-order valence-corrected chi connectivity index (χ2v) is 10.9. The maximum absolute atomic E-state index is 10.9. The van der Waals surface area contributed by atoms with Gasteiger partial charge in [0.2, 0.25) is 0 Å². The first kappa shape index (κ1) is 17.9. The molecule has 148 valence electrons. The summed E-state index contributed by atoms with van der Waals surface area (Å²) in [5.41, 5.74) is 0.272. The van der Waals surface area contributed by atoms with Gasteiger partial charge in [-0.2, -0.15) is 0 Å². The van der Waals surface area contributed by atoms with E-state index in [1.165, 1.54) is 38.5 Å². The van der Waals surface area contributed by atoms with Gasteiger partial charge in [-0.3, -0.25) is 0 Å². The minimum Gasteiger partial charge on any atom is -0.390 e. The number of hydrogen-bond donors (Lipinski definition) is 1.